The first kappa shape index (κ1) is 16.9. The summed E-state index contributed by atoms with van der Waals surface area (Å²) in [6.07, 6.45) is 2.70. The molecule has 0 amide bonds. The standard InChI is InChI=1S/C19H14F2N4O2/c1-11-15(12-6-5-7-13(27-2)16(12)20)18(21)24-10-23-25(19(26)17(11)24)14-8-3-4-9-22-14/h3-10H,1-2H3. The van der Waals surface area contributed by atoms with E-state index in [0.29, 0.717) is 11.4 Å². The number of aromatic nitrogens is 4. The Kier molecular flexibility index (Phi) is 3.95. The number of methoxy groups -OCH3 is 1. The maximum absolute atomic E-state index is 15.1. The third-order valence-corrected chi connectivity index (χ3v) is 4.39. The lowest BCUT2D eigenvalue weighted by molar-refractivity contribution is 0.387. The number of halogens is 2. The van der Waals surface area contributed by atoms with E-state index in [1.807, 2.05) is 0 Å². The van der Waals surface area contributed by atoms with Crippen LogP contribution < -0.4 is 10.3 Å². The smallest absolute Gasteiger partial charge is 0.297 e. The van der Waals surface area contributed by atoms with Crippen LogP contribution in [0.3, 0.4) is 0 Å². The fourth-order valence-corrected chi connectivity index (χ4v) is 3.12. The highest BCUT2D eigenvalue weighted by Crippen LogP contribution is 2.35. The Bertz CT molecular complexity index is 1220. The molecule has 0 saturated heterocycles. The first-order valence-electron chi connectivity index (χ1n) is 8.07. The van der Waals surface area contributed by atoms with Crippen molar-refractivity contribution in [1.82, 2.24) is 19.2 Å². The number of nitrogens with zero attached hydrogens (tertiary/aromatic N) is 4. The molecule has 0 fully saturated rings. The van der Waals surface area contributed by atoms with E-state index in [4.69, 9.17) is 4.74 Å². The van der Waals surface area contributed by atoms with Gasteiger partial charge in [-0.3, -0.25) is 9.20 Å². The number of aryl methyl sites for hydroxylation is 1. The number of pyridine rings is 1. The zero-order chi connectivity index (χ0) is 19.1. The summed E-state index contributed by atoms with van der Waals surface area (Å²) < 4.78 is 36.8. The molecule has 0 radical (unpaired) electrons. The molecule has 4 aromatic rings. The average molecular weight is 368 g/mol. The quantitative estimate of drug-likeness (QED) is 0.557. The van der Waals surface area contributed by atoms with Crippen molar-refractivity contribution >= 4 is 5.52 Å². The van der Waals surface area contributed by atoms with E-state index in [2.05, 4.69) is 10.1 Å². The number of hydrogen-bond donors (Lipinski definition) is 0. The number of benzene rings is 1. The van der Waals surface area contributed by atoms with E-state index in [0.717, 1.165) is 9.08 Å². The molecule has 0 atom stereocenters. The number of ether oxygens (including phenoxy) is 1. The Morgan fingerprint density at radius 3 is 2.63 bits per heavy atom. The molecule has 0 spiro atoms. The van der Waals surface area contributed by atoms with Crippen molar-refractivity contribution in [2.24, 2.45) is 0 Å². The lowest BCUT2D eigenvalue weighted by Crippen LogP contribution is -2.24. The van der Waals surface area contributed by atoms with Crippen molar-refractivity contribution in [3.05, 3.63) is 76.6 Å². The maximum Gasteiger partial charge on any atom is 0.297 e. The number of hydrogen-bond acceptors (Lipinski definition) is 4. The van der Waals surface area contributed by atoms with Gasteiger partial charge in [0.2, 0.25) is 5.95 Å². The molecule has 3 aromatic heterocycles. The zero-order valence-corrected chi connectivity index (χ0v) is 14.5. The maximum atomic E-state index is 15.1. The van der Waals surface area contributed by atoms with Gasteiger partial charge < -0.3 is 4.74 Å². The molecule has 6 nitrogen and oxygen atoms in total. The van der Waals surface area contributed by atoms with Gasteiger partial charge in [0.25, 0.3) is 5.56 Å². The summed E-state index contributed by atoms with van der Waals surface area (Å²) in [5.41, 5.74) is -0.190. The van der Waals surface area contributed by atoms with Gasteiger partial charge in [-0.2, -0.15) is 14.2 Å². The number of rotatable bonds is 3. The Labute approximate surface area is 152 Å². The van der Waals surface area contributed by atoms with Crippen LogP contribution in [0.4, 0.5) is 8.78 Å². The zero-order valence-electron chi connectivity index (χ0n) is 14.5. The van der Waals surface area contributed by atoms with Gasteiger partial charge in [-0.05, 0) is 30.7 Å². The van der Waals surface area contributed by atoms with E-state index in [1.54, 1.807) is 31.2 Å². The van der Waals surface area contributed by atoms with E-state index >= 15 is 4.39 Å². The molecule has 0 unspecified atom stereocenters. The highest BCUT2D eigenvalue weighted by molar-refractivity contribution is 5.77. The van der Waals surface area contributed by atoms with Crippen molar-refractivity contribution < 1.29 is 13.5 Å². The first-order chi connectivity index (χ1) is 13.0. The van der Waals surface area contributed by atoms with Crippen LogP contribution in [0.25, 0.3) is 22.5 Å². The highest BCUT2D eigenvalue weighted by atomic mass is 19.1. The van der Waals surface area contributed by atoms with Crippen molar-refractivity contribution in [3.63, 3.8) is 0 Å². The summed E-state index contributed by atoms with van der Waals surface area (Å²) >= 11 is 0. The fraction of sp³-hybridized carbons (Fsp3) is 0.105. The van der Waals surface area contributed by atoms with E-state index < -0.39 is 17.3 Å². The van der Waals surface area contributed by atoms with Gasteiger partial charge in [0.15, 0.2) is 17.4 Å². The van der Waals surface area contributed by atoms with Crippen molar-refractivity contribution in [2.45, 2.75) is 6.92 Å². The third-order valence-electron chi connectivity index (χ3n) is 4.39. The summed E-state index contributed by atoms with van der Waals surface area (Å²) in [6.45, 7) is 1.57. The largest absolute Gasteiger partial charge is 0.494 e. The Morgan fingerprint density at radius 1 is 1.11 bits per heavy atom. The lowest BCUT2D eigenvalue weighted by atomic mass is 10.0. The fourth-order valence-electron chi connectivity index (χ4n) is 3.12. The highest BCUT2D eigenvalue weighted by Gasteiger charge is 2.24. The summed E-state index contributed by atoms with van der Waals surface area (Å²) in [7, 11) is 1.33. The predicted octanol–water partition coefficient (Wildman–Crippen LogP) is 3.14. The van der Waals surface area contributed by atoms with Gasteiger partial charge in [-0.1, -0.05) is 18.2 Å². The van der Waals surface area contributed by atoms with Crippen LogP contribution in [0, 0.1) is 18.7 Å². The SMILES string of the molecule is COc1cccc(-c2c(C)c3c(=O)n(-c4ccccn4)ncn3c2F)c1F. The summed E-state index contributed by atoms with van der Waals surface area (Å²) in [5.74, 6) is -1.17. The lowest BCUT2D eigenvalue weighted by Gasteiger charge is -2.07. The number of fused-ring (bicyclic) bond motifs is 1. The van der Waals surface area contributed by atoms with E-state index in [9.17, 15) is 9.18 Å². The minimum absolute atomic E-state index is 0.00872. The second-order valence-electron chi connectivity index (χ2n) is 5.87. The van der Waals surface area contributed by atoms with Gasteiger partial charge in [-0.25, -0.2) is 9.37 Å². The molecule has 4 rings (SSSR count). The van der Waals surface area contributed by atoms with Crippen LogP contribution in [0.1, 0.15) is 5.56 Å². The minimum Gasteiger partial charge on any atom is -0.494 e. The molecule has 27 heavy (non-hydrogen) atoms. The second-order valence-corrected chi connectivity index (χ2v) is 5.87. The molecule has 0 N–H and O–H groups in total. The molecular formula is C19H14F2N4O2. The summed E-state index contributed by atoms with van der Waals surface area (Å²) in [5, 5.41) is 3.99. The van der Waals surface area contributed by atoms with Gasteiger partial charge in [-0.15, -0.1) is 0 Å². The first-order valence-corrected chi connectivity index (χ1v) is 8.07. The monoisotopic (exact) mass is 368 g/mol. The molecule has 8 heteroatoms. The molecule has 0 aliphatic heterocycles. The van der Waals surface area contributed by atoms with Gasteiger partial charge >= 0.3 is 0 Å². The molecule has 0 aliphatic carbocycles. The van der Waals surface area contributed by atoms with Crippen molar-refractivity contribution in [1.29, 1.82) is 0 Å². The average Bonchev–Trinajstić information content (AvgIpc) is 2.94. The molecule has 1 aromatic carbocycles. The molecule has 3 heterocycles. The van der Waals surface area contributed by atoms with Crippen LogP contribution >= 0.6 is 0 Å². The minimum atomic E-state index is -0.771. The van der Waals surface area contributed by atoms with Crippen molar-refractivity contribution in [2.75, 3.05) is 7.11 Å². The topological polar surface area (TPSA) is 61.4 Å². The van der Waals surface area contributed by atoms with Gasteiger partial charge in [0.1, 0.15) is 11.8 Å². The molecule has 0 aliphatic rings. The van der Waals surface area contributed by atoms with E-state index in [-0.39, 0.29) is 22.4 Å². The van der Waals surface area contributed by atoms with Crippen LogP contribution in [-0.4, -0.2) is 26.3 Å². The Hall–Kier alpha value is -3.55. The second kappa shape index (κ2) is 6.31. The molecule has 0 bridgehead atoms. The normalized spacial score (nSPS) is 11.1. The molecular weight excluding hydrogens is 354 g/mol. The van der Waals surface area contributed by atoms with E-state index in [1.165, 1.54) is 31.8 Å². The molecule has 0 saturated carbocycles. The van der Waals surface area contributed by atoms with Gasteiger partial charge in [0, 0.05) is 17.3 Å². The van der Waals surface area contributed by atoms with Crippen molar-refractivity contribution in [3.8, 4) is 22.7 Å². The summed E-state index contributed by atoms with van der Waals surface area (Å²) in [6, 6.07) is 9.47. The predicted molar refractivity (Wildman–Crippen MR) is 95.2 cm³/mol. The van der Waals surface area contributed by atoms with Crippen LogP contribution in [0.15, 0.2) is 53.7 Å². The molecule has 136 valence electrons. The summed E-state index contributed by atoms with van der Waals surface area (Å²) in [4.78, 5) is 17.0. The van der Waals surface area contributed by atoms with Crippen LogP contribution in [0.5, 0.6) is 5.75 Å². The Morgan fingerprint density at radius 2 is 1.93 bits per heavy atom. The Balaban J connectivity index is 2.03. The van der Waals surface area contributed by atoms with Crippen LogP contribution in [-0.2, 0) is 0 Å². The van der Waals surface area contributed by atoms with Crippen LogP contribution in [0.2, 0.25) is 0 Å². The third kappa shape index (κ3) is 2.49. The van der Waals surface area contributed by atoms with Gasteiger partial charge in [0.05, 0.1) is 7.11 Å².